The second-order valence-electron chi connectivity index (χ2n) is 4.36. The second-order valence-corrected chi connectivity index (χ2v) is 4.36. The number of carbonyl (C=O) groups excluding carboxylic acids is 1. The van der Waals surface area contributed by atoms with E-state index in [1.807, 2.05) is 30.3 Å². The molecule has 0 unspecified atom stereocenters. The topological polar surface area (TPSA) is 17.1 Å². The first-order chi connectivity index (χ1) is 8.81. The molecule has 0 heterocycles. The van der Waals surface area contributed by atoms with Crippen LogP contribution in [0.1, 0.15) is 35.3 Å². The van der Waals surface area contributed by atoms with Crippen LogP contribution in [-0.4, -0.2) is 6.29 Å². The van der Waals surface area contributed by atoms with Crippen LogP contribution in [0.4, 0.5) is 0 Å². The van der Waals surface area contributed by atoms with Crippen molar-refractivity contribution in [2.24, 2.45) is 0 Å². The quantitative estimate of drug-likeness (QED) is 0.726. The molecule has 0 aliphatic carbocycles. The predicted octanol–water partition coefficient (Wildman–Crippen LogP) is 4.29. The Hall–Kier alpha value is -1.89. The van der Waals surface area contributed by atoms with Crippen molar-refractivity contribution in [3.05, 3.63) is 59.2 Å². The molecule has 1 nitrogen and oxygen atoms in total. The molecule has 0 aliphatic rings. The fraction of sp³-hybridized carbons (Fsp3) is 0.235. The van der Waals surface area contributed by atoms with Crippen LogP contribution in [0.15, 0.2) is 42.5 Å². The molecule has 0 radical (unpaired) electrons. The second kappa shape index (κ2) is 5.63. The van der Waals surface area contributed by atoms with E-state index in [-0.39, 0.29) is 0 Å². The summed E-state index contributed by atoms with van der Waals surface area (Å²) in [5.41, 5.74) is 5.47. The van der Waals surface area contributed by atoms with Gasteiger partial charge in [-0.25, -0.2) is 0 Å². The van der Waals surface area contributed by atoms with Crippen LogP contribution in [0.2, 0.25) is 0 Å². The molecule has 0 aliphatic heterocycles. The van der Waals surface area contributed by atoms with E-state index < -0.39 is 0 Å². The van der Waals surface area contributed by atoms with E-state index in [1.165, 1.54) is 11.1 Å². The third-order valence-electron chi connectivity index (χ3n) is 3.39. The SMILES string of the molecule is CCc1ccc(-c2ccccc2)c(C=O)c1CC. The zero-order chi connectivity index (χ0) is 13.0. The van der Waals surface area contributed by atoms with Gasteiger partial charge < -0.3 is 0 Å². The van der Waals surface area contributed by atoms with Crippen molar-refractivity contribution in [2.75, 3.05) is 0 Å². The molecule has 0 bridgehead atoms. The third-order valence-corrected chi connectivity index (χ3v) is 3.39. The van der Waals surface area contributed by atoms with Gasteiger partial charge in [-0.1, -0.05) is 56.3 Å². The summed E-state index contributed by atoms with van der Waals surface area (Å²) in [6.45, 7) is 4.24. The molecule has 0 spiro atoms. The van der Waals surface area contributed by atoms with Crippen molar-refractivity contribution in [1.82, 2.24) is 0 Å². The minimum absolute atomic E-state index is 0.850. The Bertz CT molecular complexity index is 541. The molecule has 18 heavy (non-hydrogen) atoms. The van der Waals surface area contributed by atoms with Gasteiger partial charge in [0.2, 0.25) is 0 Å². The van der Waals surface area contributed by atoms with Crippen molar-refractivity contribution in [3.63, 3.8) is 0 Å². The van der Waals surface area contributed by atoms with Gasteiger partial charge in [-0.2, -0.15) is 0 Å². The highest BCUT2D eigenvalue weighted by atomic mass is 16.1. The highest BCUT2D eigenvalue weighted by Crippen LogP contribution is 2.28. The summed E-state index contributed by atoms with van der Waals surface area (Å²) in [4.78, 5) is 11.4. The van der Waals surface area contributed by atoms with Gasteiger partial charge in [-0.05, 0) is 35.1 Å². The minimum atomic E-state index is 0.850. The summed E-state index contributed by atoms with van der Waals surface area (Å²) in [5, 5.41) is 0. The number of aldehydes is 1. The Labute approximate surface area is 108 Å². The standard InChI is InChI=1S/C17H18O/c1-3-13-10-11-16(14-8-6-5-7-9-14)17(12-18)15(13)4-2/h5-12H,3-4H2,1-2H3. The van der Waals surface area contributed by atoms with Gasteiger partial charge in [0.05, 0.1) is 0 Å². The van der Waals surface area contributed by atoms with Crippen molar-refractivity contribution >= 4 is 6.29 Å². The molecule has 0 fully saturated rings. The highest BCUT2D eigenvalue weighted by Gasteiger charge is 2.11. The first-order valence-electron chi connectivity index (χ1n) is 6.47. The predicted molar refractivity (Wildman–Crippen MR) is 76.0 cm³/mol. The van der Waals surface area contributed by atoms with Crippen LogP contribution in [-0.2, 0) is 12.8 Å². The monoisotopic (exact) mass is 238 g/mol. The van der Waals surface area contributed by atoms with Crippen molar-refractivity contribution in [2.45, 2.75) is 26.7 Å². The van der Waals surface area contributed by atoms with E-state index in [4.69, 9.17) is 0 Å². The summed E-state index contributed by atoms with van der Waals surface area (Å²) in [5.74, 6) is 0. The zero-order valence-electron chi connectivity index (χ0n) is 10.9. The zero-order valence-corrected chi connectivity index (χ0v) is 10.9. The maximum Gasteiger partial charge on any atom is 0.150 e. The fourth-order valence-corrected chi connectivity index (χ4v) is 2.46. The molecule has 1 heteroatoms. The van der Waals surface area contributed by atoms with Crippen LogP contribution in [0.25, 0.3) is 11.1 Å². The molecule has 0 saturated heterocycles. The first kappa shape index (κ1) is 12.6. The Morgan fingerprint density at radius 1 is 0.944 bits per heavy atom. The van der Waals surface area contributed by atoms with Gasteiger partial charge in [0.15, 0.2) is 6.29 Å². The normalized spacial score (nSPS) is 10.3. The Morgan fingerprint density at radius 3 is 2.22 bits per heavy atom. The van der Waals surface area contributed by atoms with Gasteiger partial charge in [0, 0.05) is 5.56 Å². The van der Waals surface area contributed by atoms with E-state index in [2.05, 4.69) is 26.0 Å². The van der Waals surface area contributed by atoms with Crippen LogP contribution >= 0.6 is 0 Å². The smallest absolute Gasteiger partial charge is 0.150 e. The molecule has 2 aromatic carbocycles. The third kappa shape index (κ3) is 2.21. The van der Waals surface area contributed by atoms with Crippen LogP contribution in [0, 0.1) is 0 Å². The molecule has 2 aromatic rings. The largest absolute Gasteiger partial charge is 0.298 e. The average Bonchev–Trinajstić information content (AvgIpc) is 2.46. The molecule has 0 atom stereocenters. The van der Waals surface area contributed by atoms with Crippen LogP contribution in [0.3, 0.4) is 0 Å². The van der Waals surface area contributed by atoms with Gasteiger partial charge in [-0.15, -0.1) is 0 Å². The molecular weight excluding hydrogens is 220 g/mol. The average molecular weight is 238 g/mol. The molecular formula is C17H18O. The molecule has 0 N–H and O–H groups in total. The van der Waals surface area contributed by atoms with E-state index in [9.17, 15) is 4.79 Å². The van der Waals surface area contributed by atoms with E-state index in [0.29, 0.717) is 0 Å². The van der Waals surface area contributed by atoms with Gasteiger partial charge >= 0.3 is 0 Å². The Morgan fingerprint density at radius 2 is 1.67 bits per heavy atom. The highest BCUT2D eigenvalue weighted by molar-refractivity contribution is 5.90. The molecule has 2 rings (SSSR count). The van der Waals surface area contributed by atoms with Crippen molar-refractivity contribution in [3.8, 4) is 11.1 Å². The van der Waals surface area contributed by atoms with E-state index in [0.717, 1.165) is 35.8 Å². The lowest BCUT2D eigenvalue weighted by Gasteiger charge is -2.13. The number of rotatable bonds is 4. The number of hydrogen-bond donors (Lipinski definition) is 0. The van der Waals surface area contributed by atoms with Crippen LogP contribution < -0.4 is 0 Å². The molecule has 0 amide bonds. The minimum Gasteiger partial charge on any atom is -0.298 e. The van der Waals surface area contributed by atoms with Gasteiger partial charge in [-0.3, -0.25) is 4.79 Å². The van der Waals surface area contributed by atoms with E-state index >= 15 is 0 Å². The summed E-state index contributed by atoms with van der Waals surface area (Å²) in [6.07, 6.45) is 2.87. The number of benzene rings is 2. The molecule has 92 valence electrons. The lowest BCUT2D eigenvalue weighted by molar-refractivity contribution is 0.112. The van der Waals surface area contributed by atoms with Gasteiger partial charge in [0.25, 0.3) is 0 Å². The maximum atomic E-state index is 11.4. The fourth-order valence-electron chi connectivity index (χ4n) is 2.46. The Balaban J connectivity index is 2.66. The van der Waals surface area contributed by atoms with Crippen LogP contribution in [0.5, 0.6) is 0 Å². The number of carbonyl (C=O) groups is 1. The lowest BCUT2D eigenvalue weighted by atomic mass is 9.90. The van der Waals surface area contributed by atoms with Gasteiger partial charge in [0.1, 0.15) is 0 Å². The molecule has 0 aromatic heterocycles. The lowest BCUT2D eigenvalue weighted by Crippen LogP contribution is -2.00. The summed E-state index contributed by atoms with van der Waals surface area (Å²) in [7, 11) is 0. The summed E-state index contributed by atoms with van der Waals surface area (Å²) >= 11 is 0. The molecule has 0 saturated carbocycles. The maximum absolute atomic E-state index is 11.4. The number of aryl methyl sites for hydroxylation is 1. The Kier molecular flexibility index (Phi) is 3.93. The van der Waals surface area contributed by atoms with Crippen molar-refractivity contribution in [1.29, 1.82) is 0 Å². The van der Waals surface area contributed by atoms with E-state index in [1.54, 1.807) is 0 Å². The summed E-state index contributed by atoms with van der Waals surface area (Å²) < 4.78 is 0. The first-order valence-corrected chi connectivity index (χ1v) is 6.47. The summed E-state index contributed by atoms with van der Waals surface area (Å²) in [6, 6.07) is 14.3. The van der Waals surface area contributed by atoms with Crippen molar-refractivity contribution < 1.29 is 4.79 Å². The number of hydrogen-bond acceptors (Lipinski definition) is 1.